The summed E-state index contributed by atoms with van der Waals surface area (Å²) in [5.41, 5.74) is 1.06. The molecule has 3 aromatic rings. The second kappa shape index (κ2) is 7.46. The number of hydrogen-bond acceptors (Lipinski definition) is 4. The molecule has 1 atom stereocenters. The Morgan fingerprint density at radius 3 is 2.86 bits per heavy atom. The van der Waals surface area contributed by atoms with Crippen LogP contribution in [0.5, 0.6) is 0 Å². The van der Waals surface area contributed by atoms with E-state index in [2.05, 4.69) is 20.2 Å². The Morgan fingerprint density at radius 2 is 2.14 bits per heavy atom. The van der Waals surface area contributed by atoms with Gasteiger partial charge in [-0.15, -0.1) is 0 Å². The molecule has 1 saturated heterocycles. The number of nitrogens with zero attached hydrogens (tertiary/aromatic N) is 4. The number of benzene rings is 1. The predicted octanol–water partition coefficient (Wildman–Crippen LogP) is 3.62. The van der Waals surface area contributed by atoms with E-state index in [1.165, 1.54) is 18.5 Å². The van der Waals surface area contributed by atoms with Crippen LogP contribution in [0.1, 0.15) is 23.2 Å². The van der Waals surface area contributed by atoms with Crippen molar-refractivity contribution in [2.75, 3.05) is 20.1 Å². The smallest absolute Gasteiger partial charge is 0.348 e. The van der Waals surface area contributed by atoms with Crippen LogP contribution in [-0.2, 0) is 6.54 Å². The average Bonchev–Trinajstić information content (AvgIpc) is 2.95. The molecule has 0 spiro atoms. The lowest BCUT2D eigenvalue weighted by Crippen LogP contribution is -2.46. The van der Waals surface area contributed by atoms with Gasteiger partial charge in [-0.2, -0.15) is 13.2 Å². The highest BCUT2D eigenvalue weighted by Gasteiger charge is 2.31. The van der Waals surface area contributed by atoms with Crippen molar-refractivity contribution in [3.8, 4) is 0 Å². The van der Waals surface area contributed by atoms with Crippen molar-refractivity contribution in [3.05, 3.63) is 35.2 Å². The quantitative estimate of drug-likeness (QED) is 0.651. The second-order valence-electron chi connectivity index (χ2n) is 7.37. The van der Waals surface area contributed by atoms with Crippen molar-refractivity contribution in [1.82, 2.24) is 24.8 Å². The molecule has 0 radical (unpaired) electrons. The number of likely N-dealkylation sites (N-methyl/N-ethyl adjacent to an activating group) is 1. The van der Waals surface area contributed by atoms with Gasteiger partial charge in [-0.25, -0.2) is 9.97 Å². The third-order valence-electron chi connectivity index (χ3n) is 5.15. The maximum absolute atomic E-state index is 13.1. The highest BCUT2D eigenvalue weighted by molar-refractivity contribution is 6.34. The number of alkyl halides is 3. The first-order valence-electron chi connectivity index (χ1n) is 9.21. The lowest BCUT2D eigenvalue weighted by molar-refractivity contribution is -0.139. The molecule has 1 amide bonds. The van der Waals surface area contributed by atoms with Crippen LogP contribution in [0.15, 0.2) is 24.5 Å². The monoisotopic (exact) mass is 425 g/mol. The maximum atomic E-state index is 13.1. The van der Waals surface area contributed by atoms with E-state index < -0.39 is 12.7 Å². The van der Waals surface area contributed by atoms with Crippen molar-refractivity contribution >= 4 is 39.4 Å². The molecular formula is C19H19ClF3N5O. The largest absolute Gasteiger partial charge is 0.406 e. The molecule has 1 aromatic carbocycles. The third-order valence-corrected chi connectivity index (χ3v) is 5.43. The number of carbonyl (C=O) groups is 1. The molecular weight excluding hydrogens is 407 g/mol. The number of fused-ring (bicyclic) bond motifs is 3. The van der Waals surface area contributed by atoms with Gasteiger partial charge in [-0.05, 0) is 44.6 Å². The van der Waals surface area contributed by atoms with Gasteiger partial charge in [-0.1, -0.05) is 11.6 Å². The minimum absolute atomic E-state index is 0.0419. The second-order valence-corrected chi connectivity index (χ2v) is 7.73. The molecule has 0 aliphatic carbocycles. The number of likely N-dealkylation sites (tertiary alicyclic amines) is 1. The maximum Gasteiger partial charge on any atom is 0.406 e. The molecule has 154 valence electrons. The summed E-state index contributed by atoms with van der Waals surface area (Å²) in [5, 5.41) is 3.38. The van der Waals surface area contributed by atoms with E-state index in [0.29, 0.717) is 16.5 Å². The topological polar surface area (TPSA) is 63.1 Å². The molecule has 6 nitrogen and oxygen atoms in total. The summed E-state index contributed by atoms with van der Waals surface area (Å²) in [5.74, 6) is -0.260. The highest BCUT2D eigenvalue weighted by atomic mass is 35.5. The number of piperidine rings is 1. The molecule has 1 aliphatic heterocycles. The number of amides is 1. The van der Waals surface area contributed by atoms with Gasteiger partial charge >= 0.3 is 6.18 Å². The standard InChI is InChI=1S/C19H19ClF3N5O/c1-27-6-2-3-12(8-27)26-18(29)11-4-5-14-13(7-11)15-16(17(20)25-10-24-15)28(14)9-19(21,22)23/h4-5,7,10,12H,2-3,6,8-9H2,1H3,(H,26,29)/t12-/m1/s1. The first kappa shape index (κ1) is 19.9. The highest BCUT2D eigenvalue weighted by Crippen LogP contribution is 2.34. The zero-order valence-electron chi connectivity index (χ0n) is 15.6. The molecule has 0 unspecified atom stereocenters. The zero-order chi connectivity index (χ0) is 20.8. The first-order valence-corrected chi connectivity index (χ1v) is 9.59. The van der Waals surface area contributed by atoms with Crippen LogP contribution < -0.4 is 5.32 Å². The number of rotatable bonds is 3. The zero-order valence-corrected chi connectivity index (χ0v) is 16.4. The van der Waals surface area contributed by atoms with Crippen LogP contribution in [0.3, 0.4) is 0 Å². The van der Waals surface area contributed by atoms with Gasteiger partial charge in [0.1, 0.15) is 23.9 Å². The Balaban J connectivity index is 1.75. The van der Waals surface area contributed by atoms with Crippen LogP contribution in [-0.4, -0.2) is 57.7 Å². The van der Waals surface area contributed by atoms with Gasteiger partial charge in [-0.3, -0.25) is 4.79 Å². The van der Waals surface area contributed by atoms with E-state index in [4.69, 9.17) is 11.6 Å². The Hall–Kier alpha value is -2.39. The normalized spacial score (nSPS) is 18.4. The summed E-state index contributed by atoms with van der Waals surface area (Å²) in [7, 11) is 2.00. The van der Waals surface area contributed by atoms with Gasteiger partial charge in [0.05, 0.1) is 5.52 Å². The Bertz CT molecular complexity index is 1080. The van der Waals surface area contributed by atoms with E-state index in [1.807, 2.05) is 7.05 Å². The molecule has 0 bridgehead atoms. The molecule has 1 aliphatic rings. The fourth-order valence-electron chi connectivity index (χ4n) is 3.91. The number of aromatic nitrogens is 3. The van der Waals surface area contributed by atoms with Crippen molar-refractivity contribution in [2.45, 2.75) is 31.6 Å². The van der Waals surface area contributed by atoms with Crippen LogP contribution in [0.25, 0.3) is 21.9 Å². The van der Waals surface area contributed by atoms with Gasteiger partial charge < -0.3 is 14.8 Å². The molecule has 10 heteroatoms. The van der Waals surface area contributed by atoms with Crippen LogP contribution in [0.4, 0.5) is 13.2 Å². The van der Waals surface area contributed by atoms with Crippen LogP contribution in [0, 0.1) is 0 Å². The lowest BCUT2D eigenvalue weighted by atomic mass is 10.1. The molecule has 2 aromatic heterocycles. The molecule has 1 N–H and O–H groups in total. The summed E-state index contributed by atoms with van der Waals surface area (Å²) in [4.78, 5) is 22.8. The summed E-state index contributed by atoms with van der Waals surface area (Å²) in [6, 6.07) is 4.63. The first-order chi connectivity index (χ1) is 13.7. The van der Waals surface area contributed by atoms with Crippen molar-refractivity contribution in [3.63, 3.8) is 0 Å². The van der Waals surface area contributed by atoms with Gasteiger partial charge in [0, 0.05) is 23.5 Å². The molecule has 0 saturated carbocycles. The van der Waals surface area contributed by atoms with Crippen molar-refractivity contribution < 1.29 is 18.0 Å². The summed E-state index contributed by atoms with van der Waals surface area (Å²) in [6.07, 6.45) is -1.35. The van der Waals surface area contributed by atoms with Crippen LogP contribution >= 0.6 is 11.6 Å². The number of halogens is 4. The van der Waals surface area contributed by atoms with Crippen molar-refractivity contribution in [1.29, 1.82) is 0 Å². The van der Waals surface area contributed by atoms with Gasteiger partial charge in [0.25, 0.3) is 5.91 Å². The Labute approximate surface area is 169 Å². The summed E-state index contributed by atoms with van der Waals surface area (Å²) in [6.45, 7) is 0.541. The molecule has 1 fully saturated rings. The van der Waals surface area contributed by atoms with E-state index in [0.717, 1.165) is 30.5 Å². The predicted molar refractivity (Wildman–Crippen MR) is 104 cm³/mol. The van der Waals surface area contributed by atoms with Gasteiger partial charge in [0.2, 0.25) is 0 Å². The van der Waals surface area contributed by atoms with E-state index >= 15 is 0 Å². The third kappa shape index (κ3) is 4.02. The van der Waals surface area contributed by atoms with E-state index in [1.54, 1.807) is 6.07 Å². The average molecular weight is 426 g/mol. The fourth-order valence-corrected chi connectivity index (χ4v) is 4.15. The minimum atomic E-state index is -4.44. The lowest BCUT2D eigenvalue weighted by Gasteiger charge is -2.30. The van der Waals surface area contributed by atoms with E-state index in [9.17, 15) is 18.0 Å². The number of hydrogen-bond donors (Lipinski definition) is 1. The van der Waals surface area contributed by atoms with Crippen LogP contribution in [0.2, 0.25) is 5.15 Å². The molecule has 4 rings (SSSR count). The Kier molecular flexibility index (Phi) is 5.12. The van der Waals surface area contributed by atoms with Gasteiger partial charge in [0.15, 0.2) is 5.15 Å². The summed E-state index contributed by atoms with van der Waals surface area (Å²) >= 11 is 6.08. The number of carbonyl (C=O) groups excluding carboxylic acids is 1. The fraction of sp³-hybridized carbons (Fsp3) is 0.421. The number of nitrogens with one attached hydrogen (secondary N) is 1. The van der Waals surface area contributed by atoms with E-state index in [-0.39, 0.29) is 28.1 Å². The van der Waals surface area contributed by atoms with Crippen molar-refractivity contribution in [2.24, 2.45) is 0 Å². The molecule has 3 heterocycles. The summed E-state index contributed by atoms with van der Waals surface area (Å²) < 4.78 is 40.4. The molecule has 29 heavy (non-hydrogen) atoms. The SMILES string of the molecule is CN1CCC[C@@H](NC(=O)c2ccc3c(c2)c2ncnc(Cl)c2n3CC(F)(F)F)C1. The Morgan fingerprint density at radius 1 is 1.34 bits per heavy atom. The minimum Gasteiger partial charge on any atom is -0.348 e.